The highest BCUT2D eigenvalue weighted by atomic mass is 16.4. The summed E-state index contributed by atoms with van der Waals surface area (Å²) in [5.41, 5.74) is 2.52. The van der Waals surface area contributed by atoms with Crippen LogP contribution >= 0.6 is 0 Å². The fourth-order valence-corrected chi connectivity index (χ4v) is 9.77. The summed E-state index contributed by atoms with van der Waals surface area (Å²) in [6, 6.07) is 0. The molecule has 0 aliphatic heterocycles. The van der Waals surface area contributed by atoms with Crippen molar-refractivity contribution in [1.82, 2.24) is 0 Å². The Morgan fingerprint density at radius 2 is 1.53 bits per heavy atom. The maximum absolute atomic E-state index is 13.0. The van der Waals surface area contributed by atoms with Gasteiger partial charge in [0.2, 0.25) is 0 Å². The summed E-state index contributed by atoms with van der Waals surface area (Å²) >= 11 is 0. The number of hydrogen-bond acceptors (Lipinski definition) is 4. The zero-order valence-electron chi connectivity index (χ0n) is 23.9. The van der Waals surface area contributed by atoms with E-state index < -0.39 is 23.9 Å². The SMILES string of the molecule is CC(CC(=O)C(C)C(C)C(=O)O)C1CCC2(C)C3=C(CC(O)C12C)C1(C)CCC(O)C(C)(C)C1CC3. The van der Waals surface area contributed by atoms with Gasteiger partial charge in [0, 0.05) is 17.8 Å². The average molecular weight is 503 g/mol. The summed E-state index contributed by atoms with van der Waals surface area (Å²) < 4.78 is 0. The van der Waals surface area contributed by atoms with E-state index in [2.05, 4.69) is 41.5 Å². The third-order valence-corrected chi connectivity index (χ3v) is 12.7. The minimum Gasteiger partial charge on any atom is -0.481 e. The van der Waals surface area contributed by atoms with Crippen molar-refractivity contribution in [3.63, 3.8) is 0 Å². The van der Waals surface area contributed by atoms with Gasteiger partial charge in [-0.25, -0.2) is 0 Å². The number of Topliss-reactive ketones (excluding diaryl/α,β-unsaturated/α-hetero) is 1. The lowest BCUT2D eigenvalue weighted by atomic mass is 9.42. The molecule has 0 saturated heterocycles. The van der Waals surface area contributed by atoms with E-state index in [1.165, 1.54) is 5.57 Å². The zero-order valence-corrected chi connectivity index (χ0v) is 23.9. The fourth-order valence-electron chi connectivity index (χ4n) is 9.77. The molecule has 0 aromatic carbocycles. The van der Waals surface area contributed by atoms with E-state index >= 15 is 0 Å². The van der Waals surface area contributed by atoms with Gasteiger partial charge >= 0.3 is 5.97 Å². The molecule has 0 aromatic rings. The van der Waals surface area contributed by atoms with E-state index in [-0.39, 0.29) is 45.4 Å². The standard InChI is InChI=1S/C31H50O5/c1-17(15-23(32)18(2)19(3)27(35)36)20-11-14-30(7)21-9-10-24-28(4,5)25(33)12-13-29(24,6)22(21)16-26(34)31(20,30)8/h17-20,24-26,33-34H,9-16H2,1-8H3,(H,35,36). The molecular weight excluding hydrogens is 452 g/mol. The molecule has 0 heterocycles. The molecule has 2 saturated carbocycles. The molecule has 3 N–H and O–H groups in total. The summed E-state index contributed by atoms with van der Waals surface area (Å²) in [5, 5.41) is 32.1. The van der Waals surface area contributed by atoms with Crippen molar-refractivity contribution in [1.29, 1.82) is 0 Å². The first kappa shape index (κ1) is 27.8. The van der Waals surface area contributed by atoms with E-state index in [0.29, 0.717) is 18.8 Å². The third kappa shape index (κ3) is 3.69. The Hall–Kier alpha value is -1.20. The van der Waals surface area contributed by atoms with Gasteiger partial charge in [-0.3, -0.25) is 9.59 Å². The van der Waals surface area contributed by atoms with E-state index in [4.69, 9.17) is 0 Å². The molecule has 204 valence electrons. The predicted octanol–water partition coefficient (Wildman–Crippen LogP) is 6.02. The molecule has 0 radical (unpaired) electrons. The van der Waals surface area contributed by atoms with Gasteiger partial charge in [-0.1, -0.05) is 66.5 Å². The summed E-state index contributed by atoms with van der Waals surface area (Å²) in [6.45, 7) is 17.0. The number of hydrogen-bond donors (Lipinski definition) is 3. The highest BCUT2D eigenvalue weighted by molar-refractivity contribution is 5.85. The van der Waals surface area contributed by atoms with Crippen LogP contribution in [0.15, 0.2) is 11.1 Å². The number of aliphatic hydroxyl groups excluding tert-OH is 2. The van der Waals surface area contributed by atoms with Crippen LogP contribution in [0.25, 0.3) is 0 Å². The zero-order chi connectivity index (χ0) is 27.0. The van der Waals surface area contributed by atoms with Crippen LogP contribution in [0.5, 0.6) is 0 Å². The second-order valence-electron chi connectivity index (χ2n) is 14.4. The molecule has 4 aliphatic carbocycles. The number of carbonyl (C=O) groups is 2. The Bertz CT molecular complexity index is 951. The lowest BCUT2D eigenvalue weighted by molar-refractivity contribution is -0.146. The lowest BCUT2D eigenvalue weighted by Crippen LogP contribution is -2.58. The maximum atomic E-state index is 13.0. The molecule has 4 rings (SSSR count). The van der Waals surface area contributed by atoms with Crippen molar-refractivity contribution >= 4 is 11.8 Å². The van der Waals surface area contributed by atoms with Crippen molar-refractivity contribution in [2.45, 2.75) is 119 Å². The van der Waals surface area contributed by atoms with Crippen LogP contribution < -0.4 is 0 Å². The molecule has 10 unspecified atom stereocenters. The number of carbonyl (C=O) groups excluding carboxylic acids is 1. The Labute approximate surface area is 218 Å². The number of aliphatic hydroxyl groups is 2. The van der Waals surface area contributed by atoms with Gasteiger partial charge in [0.25, 0.3) is 0 Å². The Morgan fingerprint density at radius 1 is 0.889 bits per heavy atom. The van der Waals surface area contributed by atoms with Gasteiger partial charge in [0.05, 0.1) is 18.1 Å². The minimum absolute atomic E-state index is 0.0176. The fraction of sp³-hybridized carbons (Fsp3) is 0.871. The summed E-state index contributed by atoms with van der Waals surface area (Å²) in [4.78, 5) is 24.5. The third-order valence-electron chi connectivity index (χ3n) is 12.7. The number of rotatable bonds is 6. The molecule has 36 heavy (non-hydrogen) atoms. The summed E-state index contributed by atoms with van der Waals surface area (Å²) in [7, 11) is 0. The van der Waals surface area contributed by atoms with Gasteiger partial charge in [-0.2, -0.15) is 0 Å². The van der Waals surface area contributed by atoms with Gasteiger partial charge < -0.3 is 15.3 Å². The van der Waals surface area contributed by atoms with Crippen molar-refractivity contribution < 1.29 is 24.9 Å². The second-order valence-corrected chi connectivity index (χ2v) is 14.4. The first-order valence-electron chi connectivity index (χ1n) is 14.4. The van der Waals surface area contributed by atoms with E-state index in [1.54, 1.807) is 19.4 Å². The Balaban J connectivity index is 1.65. The number of ketones is 1. The highest BCUT2D eigenvalue weighted by Gasteiger charge is 2.66. The van der Waals surface area contributed by atoms with Crippen molar-refractivity contribution in [2.75, 3.05) is 0 Å². The first-order valence-corrected chi connectivity index (χ1v) is 14.4. The first-order chi connectivity index (χ1) is 16.5. The summed E-state index contributed by atoms with van der Waals surface area (Å²) in [6.07, 6.45) is 6.27. The summed E-state index contributed by atoms with van der Waals surface area (Å²) in [5.74, 6) is -1.35. The molecule has 10 atom stereocenters. The molecule has 4 aliphatic rings. The number of carboxylic acid groups (broad SMARTS) is 1. The van der Waals surface area contributed by atoms with Crippen LogP contribution in [0, 0.1) is 51.2 Å². The number of carboxylic acids is 1. The van der Waals surface area contributed by atoms with Crippen LogP contribution in [0.3, 0.4) is 0 Å². The smallest absolute Gasteiger partial charge is 0.306 e. The van der Waals surface area contributed by atoms with Gasteiger partial charge in [-0.15, -0.1) is 0 Å². The Morgan fingerprint density at radius 3 is 2.14 bits per heavy atom. The Kier molecular flexibility index (Phi) is 6.90. The number of allylic oxidation sites excluding steroid dienone is 1. The van der Waals surface area contributed by atoms with Gasteiger partial charge in [0.1, 0.15) is 5.78 Å². The van der Waals surface area contributed by atoms with Gasteiger partial charge in [0.15, 0.2) is 0 Å². The molecule has 0 aromatic heterocycles. The number of fused-ring (bicyclic) bond motifs is 4. The van der Waals surface area contributed by atoms with Crippen molar-refractivity contribution in [3.05, 3.63) is 11.1 Å². The van der Waals surface area contributed by atoms with E-state index in [0.717, 1.165) is 38.5 Å². The molecule has 2 fully saturated rings. The lowest BCUT2D eigenvalue weighted by Gasteiger charge is -2.63. The van der Waals surface area contributed by atoms with Crippen molar-refractivity contribution in [3.8, 4) is 0 Å². The monoisotopic (exact) mass is 502 g/mol. The van der Waals surface area contributed by atoms with Crippen LogP contribution in [0.2, 0.25) is 0 Å². The predicted molar refractivity (Wildman–Crippen MR) is 141 cm³/mol. The van der Waals surface area contributed by atoms with Crippen LogP contribution in [-0.4, -0.2) is 39.3 Å². The minimum atomic E-state index is -0.923. The van der Waals surface area contributed by atoms with Gasteiger partial charge in [-0.05, 0) is 78.9 Å². The normalized spacial score (nSPS) is 44.2. The molecule has 0 spiro atoms. The van der Waals surface area contributed by atoms with Crippen LogP contribution in [-0.2, 0) is 9.59 Å². The highest BCUT2D eigenvalue weighted by Crippen LogP contribution is 2.72. The molecule has 0 amide bonds. The van der Waals surface area contributed by atoms with E-state index in [1.807, 2.05) is 0 Å². The maximum Gasteiger partial charge on any atom is 0.306 e. The van der Waals surface area contributed by atoms with E-state index in [9.17, 15) is 24.9 Å². The topological polar surface area (TPSA) is 94.8 Å². The average Bonchev–Trinajstić information content (AvgIpc) is 3.09. The quantitative estimate of drug-likeness (QED) is 0.386. The second kappa shape index (κ2) is 8.93. The van der Waals surface area contributed by atoms with Crippen LogP contribution in [0.4, 0.5) is 0 Å². The van der Waals surface area contributed by atoms with Crippen LogP contribution in [0.1, 0.15) is 107 Å². The molecule has 0 bridgehead atoms. The largest absolute Gasteiger partial charge is 0.481 e. The molecule has 5 nitrogen and oxygen atoms in total. The van der Waals surface area contributed by atoms with Crippen molar-refractivity contribution in [2.24, 2.45) is 51.2 Å². The number of aliphatic carboxylic acids is 1. The molecule has 5 heteroatoms. The molecular formula is C31H50O5.